The van der Waals surface area contributed by atoms with Gasteiger partial charge in [-0.1, -0.05) is 84.4 Å². The highest BCUT2D eigenvalue weighted by atomic mass is 16.6. The quantitative estimate of drug-likeness (QED) is 0.0809. The van der Waals surface area contributed by atoms with Crippen LogP contribution in [0.3, 0.4) is 0 Å². The summed E-state index contributed by atoms with van der Waals surface area (Å²) >= 11 is 0. The number of methoxy groups -OCH3 is 1. The van der Waals surface area contributed by atoms with Crippen LogP contribution in [0.2, 0.25) is 0 Å². The summed E-state index contributed by atoms with van der Waals surface area (Å²) in [6.45, 7) is 8.62. The molecule has 0 radical (unpaired) electrons. The number of imide groups is 1. The molecule has 3 aromatic carbocycles. The Labute approximate surface area is 291 Å². The molecule has 11 nitrogen and oxygen atoms in total. The van der Waals surface area contributed by atoms with Crippen molar-refractivity contribution in [3.8, 4) is 0 Å². The van der Waals surface area contributed by atoms with Gasteiger partial charge in [0.1, 0.15) is 11.0 Å². The summed E-state index contributed by atoms with van der Waals surface area (Å²) in [5.41, 5.74) is -0.441. The van der Waals surface area contributed by atoms with E-state index in [0.717, 1.165) is 10.5 Å². The van der Waals surface area contributed by atoms with E-state index in [-0.39, 0.29) is 18.7 Å². The fourth-order valence-corrected chi connectivity index (χ4v) is 7.88. The minimum absolute atomic E-state index is 0.0663. The number of benzene rings is 3. The first kappa shape index (κ1) is 36.0. The van der Waals surface area contributed by atoms with Gasteiger partial charge in [0.15, 0.2) is 0 Å². The number of esters is 2. The number of fused-ring (bicyclic) bond motifs is 1. The molecule has 11 heteroatoms. The molecule has 1 heterocycles. The predicted molar refractivity (Wildman–Crippen MR) is 185 cm³/mol. The number of aryl methyl sites for hydroxylation is 1. The maximum absolute atomic E-state index is 15.5. The van der Waals surface area contributed by atoms with Crippen LogP contribution >= 0.6 is 0 Å². The maximum atomic E-state index is 15.5. The lowest BCUT2D eigenvalue weighted by Crippen LogP contribution is -2.54. The van der Waals surface area contributed by atoms with Crippen LogP contribution in [0.1, 0.15) is 62.3 Å². The molecule has 1 saturated carbocycles. The Morgan fingerprint density at radius 1 is 1.00 bits per heavy atom. The van der Waals surface area contributed by atoms with Crippen molar-refractivity contribution < 1.29 is 38.3 Å². The molecule has 5 rings (SSSR count). The van der Waals surface area contributed by atoms with Crippen molar-refractivity contribution in [2.45, 2.75) is 64.0 Å². The van der Waals surface area contributed by atoms with Crippen LogP contribution < -0.4 is 4.90 Å². The molecule has 6 atom stereocenters. The summed E-state index contributed by atoms with van der Waals surface area (Å²) in [5.74, 6) is -5.92. The zero-order chi connectivity index (χ0) is 36.4. The van der Waals surface area contributed by atoms with E-state index in [2.05, 4.69) is 0 Å². The van der Waals surface area contributed by atoms with Gasteiger partial charge in [0.2, 0.25) is 6.04 Å². The van der Waals surface area contributed by atoms with Crippen molar-refractivity contribution in [1.29, 1.82) is 0 Å². The van der Waals surface area contributed by atoms with Gasteiger partial charge in [0.25, 0.3) is 5.91 Å². The highest BCUT2D eigenvalue weighted by Gasteiger charge is 2.70. The van der Waals surface area contributed by atoms with Crippen molar-refractivity contribution in [3.05, 3.63) is 123 Å². The van der Waals surface area contributed by atoms with Crippen LogP contribution in [-0.2, 0) is 34.0 Å². The molecule has 2 amide bonds. The van der Waals surface area contributed by atoms with E-state index in [1.807, 2.05) is 6.92 Å². The van der Waals surface area contributed by atoms with Crippen LogP contribution in [-0.4, -0.2) is 54.2 Å². The van der Waals surface area contributed by atoms with Gasteiger partial charge in [0, 0.05) is 17.4 Å². The average Bonchev–Trinajstić information content (AvgIpc) is 3.52. The van der Waals surface area contributed by atoms with E-state index >= 15 is 4.79 Å². The number of hydrogen-bond acceptors (Lipinski definition) is 9. The lowest BCUT2D eigenvalue weighted by Gasteiger charge is -2.39. The second kappa shape index (κ2) is 14.3. The SMILES string of the molecule is CCOC(=O)C[C@H]1[C@H](/C=C/C(=O)OC)[C@@H](c2ccccc2)[C@@H]([N+](=O)[O-])[C@@H]1[C@@]1(c2ccccc2)C(=O)N(C(=O)OC(C)(C)C)c2ccc(C)cc21. The molecule has 0 N–H and O–H groups in total. The predicted octanol–water partition coefficient (Wildman–Crippen LogP) is 6.54. The summed E-state index contributed by atoms with van der Waals surface area (Å²) < 4.78 is 16.1. The smallest absolute Gasteiger partial charge is 0.421 e. The fraction of sp³-hybridized carbons (Fsp3) is 0.385. The third-order valence-corrected chi connectivity index (χ3v) is 9.56. The number of nitro groups is 1. The van der Waals surface area contributed by atoms with Gasteiger partial charge in [-0.15, -0.1) is 0 Å². The molecule has 0 bridgehead atoms. The summed E-state index contributed by atoms with van der Waals surface area (Å²) in [4.78, 5) is 69.7. The number of nitrogens with zero attached hydrogens (tertiary/aromatic N) is 2. The maximum Gasteiger partial charge on any atom is 0.421 e. The van der Waals surface area contributed by atoms with Crippen molar-refractivity contribution in [2.24, 2.45) is 17.8 Å². The van der Waals surface area contributed by atoms with Crippen molar-refractivity contribution >= 4 is 29.6 Å². The summed E-state index contributed by atoms with van der Waals surface area (Å²) in [6.07, 6.45) is 1.52. The van der Waals surface area contributed by atoms with Gasteiger partial charge in [-0.2, -0.15) is 0 Å². The molecule has 262 valence electrons. The number of amides is 2. The molecule has 3 aromatic rings. The van der Waals surface area contributed by atoms with E-state index in [9.17, 15) is 24.5 Å². The van der Waals surface area contributed by atoms with Gasteiger partial charge in [-0.05, 0) is 69.2 Å². The fourth-order valence-electron chi connectivity index (χ4n) is 7.88. The number of carbonyl (C=O) groups is 4. The Hall–Kier alpha value is -5.32. The normalized spacial score (nSPS) is 24.6. The summed E-state index contributed by atoms with van der Waals surface area (Å²) in [5, 5.41) is 13.7. The first-order chi connectivity index (χ1) is 23.8. The Balaban J connectivity index is 1.91. The Bertz CT molecular complexity index is 1800. The van der Waals surface area contributed by atoms with Gasteiger partial charge in [-0.3, -0.25) is 19.7 Å². The molecule has 2 aliphatic rings. The number of ether oxygens (including phenoxy) is 3. The first-order valence-electron chi connectivity index (χ1n) is 16.6. The molecule has 1 aliphatic carbocycles. The van der Waals surface area contributed by atoms with E-state index in [0.29, 0.717) is 16.7 Å². The standard InChI is InChI=1S/C39H42N2O9/c1-7-49-32(43)23-28-27(19-21-31(42)48-6)33(25-14-10-8-11-15-25)35(41(46)47)34(28)39(26-16-12-9-13-17-26)29-22-24(2)18-20-30(29)40(36(39)44)37(45)50-38(3,4)5/h8-22,27-28,33-35H,7,23H2,1-6H3/b21-19+/t27-,28-,33+,34+,35+,39-/m0/s1. The highest BCUT2D eigenvalue weighted by molar-refractivity contribution is 6.22. The summed E-state index contributed by atoms with van der Waals surface area (Å²) in [6, 6.07) is 21.2. The van der Waals surface area contributed by atoms with Crippen LogP contribution in [0.15, 0.2) is 91.0 Å². The minimum atomic E-state index is -1.85. The number of carbonyl (C=O) groups excluding carboxylic acids is 4. The van der Waals surface area contributed by atoms with Crippen LogP contribution in [0, 0.1) is 34.8 Å². The Morgan fingerprint density at radius 2 is 1.64 bits per heavy atom. The van der Waals surface area contributed by atoms with Crippen molar-refractivity contribution in [1.82, 2.24) is 0 Å². The monoisotopic (exact) mass is 682 g/mol. The Kier molecular flexibility index (Phi) is 10.3. The van der Waals surface area contributed by atoms with Gasteiger partial charge >= 0.3 is 18.0 Å². The van der Waals surface area contributed by atoms with Gasteiger partial charge < -0.3 is 14.2 Å². The first-order valence-corrected chi connectivity index (χ1v) is 16.6. The second-order valence-electron chi connectivity index (χ2n) is 13.7. The molecule has 0 aromatic heterocycles. The molecular formula is C39H42N2O9. The second-order valence-corrected chi connectivity index (χ2v) is 13.7. The van der Waals surface area contributed by atoms with Crippen LogP contribution in [0.4, 0.5) is 10.5 Å². The topological polar surface area (TPSA) is 142 Å². The molecular weight excluding hydrogens is 640 g/mol. The third kappa shape index (κ3) is 6.51. The molecule has 0 unspecified atom stereocenters. The number of hydrogen-bond donors (Lipinski definition) is 0. The minimum Gasteiger partial charge on any atom is -0.466 e. The average molecular weight is 683 g/mol. The molecule has 1 fully saturated rings. The van der Waals surface area contributed by atoms with E-state index < -0.39 is 69.6 Å². The molecule has 1 aliphatic heterocycles. The lowest BCUT2D eigenvalue weighted by molar-refractivity contribution is -0.534. The number of anilines is 1. The third-order valence-electron chi connectivity index (χ3n) is 9.56. The van der Waals surface area contributed by atoms with E-state index in [1.165, 1.54) is 13.2 Å². The van der Waals surface area contributed by atoms with E-state index in [4.69, 9.17) is 14.2 Å². The number of rotatable bonds is 9. The van der Waals surface area contributed by atoms with Gasteiger partial charge in [-0.25, -0.2) is 14.5 Å². The largest absolute Gasteiger partial charge is 0.466 e. The van der Waals surface area contributed by atoms with Crippen LogP contribution in [0.5, 0.6) is 0 Å². The zero-order valence-electron chi connectivity index (χ0n) is 29.0. The highest BCUT2D eigenvalue weighted by Crippen LogP contribution is 2.62. The molecule has 0 saturated heterocycles. The summed E-state index contributed by atoms with van der Waals surface area (Å²) in [7, 11) is 1.22. The van der Waals surface area contributed by atoms with Gasteiger partial charge in [0.05, 0.1) is 31.2 Å². The zero-order valence-corrected chi connectivity index (χ0v) is 29.0. The number of allylic oxidation sites excluding steroid dienone is 1. The molecule has 0 spiro atoms. The Morgan fingerprint density at radius 3 is 2.22 bits per heavy atom. The van der Waals surface area contributed by atoms with Crippen molar-refractivity contribution in [3.63, 3.8) is 0 Å². The lowest BCUT2D eigenvalue weighted by atomic mass is 9.60. The van der Waals surface area contributed by atoms with Crippen molar-refractivity contribution in [2.75, 3.05) is 18.6 Å². The van der Waals surface area contributed by atoms with E-state index in [1.54, 1.807) is 113 Å². The van der Waals surface area contributed by atoms with Crippen LogP contribution in [0.25, 0.3) is 0 Å². The molecule has 50 heavy (non-hydrogen) atoms.